The number of nitrogens with zero attached hydrogens (tertiary/aromatic N) is 4. The number of hydrogen-bond donors (Lipinski definition) is 0. The fourth-order valence-corrected chi connectivity index (χ4v) is 10.2. The zero-order chi connectivity index (χ0) is 48.7. The SMILES string of the molecule is [2H]c1c([2H])c([2H])c(-c2nc(-c3ccccc3)nc(-c3cc(-n4c5ccccc5c5ccc(-c6ccc(C(F)(F)F)cc6)cc54)cc4c3sc3c(-c5cccc(-c6ccccc6)c5)cccc34)n2)c([2H])c1[2H]. The molecule has 12 aromatic rings. The van der Waals surface area contributed by atoms with Gasteiger partial charge in [-0.25, -0.2) is 15.0 Å². The minimum absolute atomic E-state index is 0.0815. The average molecular weight is 882 g/mol. The number of benzene rings is 9. The fraction of sp³-hybridized carbons (Fsp3) is 0.0172. The van der Waals surface area contributed by atoms with E-state index in [0.29, 0.717) is 16.7 Å². The number of alkyl halides is 3. The fourth-order valence-electron chi connectivity index (χ4n) is 8.87. The predicted molar refractivity (Wildman–Crippen MR) is 265 cm³/mol. The molecule has 0 fully saturated rings. The van der Waals surface area contributed by atoms with Gasteiger partial charge in [-0.1, -0.05) is 170 Å². The largest absolute Gasteiger partial charge is 0.416 e. The number of aromatic nitrogens is 4. The number of rotatable bonds is 7. The van der Waals surface area contributed by atoms with Gasteiger partial charge in [0.25, 0.3) is 0 Å². The van der Waals surface area contributed by atoms with Crippen LogP contribution in [0.5, 0.6) is 0 Å². The normalized spacial score (nSPS) is 12.9. The molecule has 0 radical (unpaired) electrons. The Hall–Kier alpha value is -8.20. The molecule has 12 rings (SSSR count). The van der Waals surface area contributed by atoms with Crippen molar-refractivity contribution < 1.29 is 20.0 Å². The first kappa shape index (κ1) is 34.2. The summed E-state index contributed by atoms with van der Waals surface area (Å²) >= 11 is 1.59. The maximum Gasteiger partial charge on any atom is 0.416 e. The minimum atomic E-state index is -4.47. The highest BCUT2D eigenvalue weighted by molar-refractivity contribution is 7.26. The molecule has 314 valence electrons. The van der Waals surface area contributed by atoms with E-state index in [-0.39, 0.29) is 23.0 Å². The number of hydrogen-bond acceptors (Lipinski definition) is 4. The maximum atomic E-state index is 13.7. The van der Waals surface area contributed by atoms with Crippen molar-refractivity contribution in [3.63, 3.8) is 0 Å². The van der Waals surface area contributed by atoms with E-state index in [1.807, 2.05) is 97.1 Å². The highest BCUT2D eigenvalue weighted by Gasteiger charge is 2.30. The van der Waals surface area contributed by atoms with Crippen molar-refractivity contribution in [1.29, 1.82) is 0 Å². The molecular formula is C58H35F3N4S. The van der Waals surface area contributed by atoms with E-state index in [0.717, 1.165) is 87.6 Å². The van der Waals surface area contributed by atoms with E-state index >= 15 is 0 Å². The second kappa shape index (κ2) is 15.8. The van der Waals surface area contributed by atoms with Gasteiger partial charge in [-0.15, -0.1) is 11.3 Å². The van der Waals surface area contributed by atoms with Crippen molar-refractivity contribution in [2.45, 2.75) is 6.18 Å². The Kier molecular flexibility index (Phi) is 8.20. The zero-order valence-corrected chi connectivity index (χ0v) is 35.5. The highest BCUT2D eigenvalue weighted by atomic mass is 32.1. The average Bonchev–Trinajstić information content (AvgIpc) is 3.95. The van der Waals surface area contributed by atoms with Crippen LogP contribution >= 0.6 is 11.3 Å². The lowest BCUT2D eigenvalue weighted by Crippen LogP contribution is -2.04. The van der Waals surface area contributed by atoms with Crippen molar-refractivity contribution in [2.24, 2.45) is 0 Å². The molecule has 0 aliphatic carbocycles. The monoisotopic (exact) mass is 881 g/mol. The van der Waals surface area contributed by atoms with E-state index in [1.54, 1.807) is 11.3 Å². The summed E-state index contributed by atoms with van der Waals surface area (Å²) in [4.78, 5) is 15.0. The van der Waals surface area contributed by atoms with Gasteiger partial charge in [0.1, 0.15) is 0 Å². The van der Waals surface area contributed by atoms with Gasteiger partial charge in [-0.05, 0) is 75.8 Å². The van der Waals surface area contributed by atoms with E-state index in [2.05, 4.69) is 65.2 Å². The van der Waals surface area contributed by atoms with Gasteiger partial charge < -0.3 is 4.57 Å². The summed E-state index contributed by atoms with van der Waals surface area (Å²) in [7, 11) is 0. The van der Waals surface area contributed by atoms with Crippen LogP contribution in [0.15, 0.2) is 212 Å². The molecule has 9 aromatic carbocycles. The molecule has 3 aromatic heterocycles. The van der Waals surface area contributed by atoms with Crippen molar-refractivity contribution in [1.82, 2.24) is 19.5 Å². The van der Waals surface area contributed by atoms with Crippen LogP contribution in [-0.4, -0.2) is 19.5 Å². The van der Waals surface area contributed by atoms with Crippen LogP contribution in [0.1, 0.15) is 12.4 Å². The van der Waals surface area contributed by atoms with Gasteiger partial charge in [0, 0.05) is 53.3 Å². The molecule has 66 heavy (non-hydrogen) atoms. The molecule has 0 spiro atoms. The van der Waals surface area contributed by atoms with E-state index in [1.165, 1.54) is 12.1 Å². The van der Waals surface area contributed by atoms with Crippen LogP contribution in [0.4, 0.5) is 13.2 Å². The van der Waals surface area contributed by atoms with E-state index in [9.17, 15) is 13.2 Å². The van der Waals surface area contributed by atoms with Crippen molar-refractivity contribution in [3.8, 4) is 73.2 Å². The Bertz CT molecular complexity index is 4070. The van der Waals surface area contributed by atoms with Crippen molar-refractivity contribution in [3.05, 3.63) is 218 Å². The second-order valence-corrected chi connectivity index (χ2v) is 17.0. The van der Waals surface area contributed by atoms with Gasteiger partial charge in [0.2, 0.25) is 0 Å². The van der Waals surface area contributed by atoms with Crippen LogP contribution in [0.2, 0.25) is 0 Å². The molecule has 0 bridgehead atoms. The van der Waals surface area contributed by atoms with Gasteiger partial charge in [-0.3, -0.25) is 0 Å². The summed E-state index contributed by atoms with van der Waals surface area (Å²) in [5, 5.41) is 3.78. The Morgan fingerprint density at radius 3 is 1.76 bits per heavy atom. The zero-order valence-electron chi connectivity index (χ0n) is 39.7. The topological polar surface area (TPSA) is 43.6 Å². The third-order valence-electron chi connectivity index (χ3n) is 12.0. The molecule has 0 aliphatic heterocycles. The van der Waals surface area contributed by atoms with Crippen LogP contribution in [0, 0.1) is 0 Å². The predicted octanol–water partition coefficient (Wildman–Crippen LogP) is 16.4. The van der Waals surface area contributed by atoms with Gasteiger partial charge in [-0.2, -0.15) is 13.2 Å². The van der Waals surface area contributed by atoms with Gasteiger partial charge in [0.05, 0.1) is 23.5 Å². The summed E-state index contributed by atoms with van der Waals surface area (Å²) in [5.41, 5.74) is 8.37. The lowest BCUT2D eigenvalue weighted by Gasteiger charge is -2.14. The first-order valence-electron chi connectivity index (χ1n) is 23.7. The Morgan fingerprint density at radius 2 is 0.985 bits per heavy atom. The minimum Gasteiger partial charge on any atom is -0.309 e. The second-order valence-electron chi connectivity index (χ2n) is 15.9. The highest BCUT2D eigenvalue weighted by Crippen LogP contribution is 2.46. The van der Waals surface area contributed by atoms with Gasteiger partial charge in [0.15, 0.2) is 17.5 Å². The lowest BCUT2D eigenvalue weighted by atomic mass is 9.97. The molecule has 0 aliphatic rings. The quantitative estimate of drug-likeness (QED) is 0.160. The Morgan fingerprint density at radius 1 is 0.409 bits per heavy atom. The first-order valence-corrected chi connectivity index (χ1v) is 22.0. The number of thiophene rings is 1. The third kappa shape index (κ3) is 6.90. The van der Waals surface area contributed by atoms with Crippen LogP contribution in [0.25, 0.3) is 115 Å². The van der Waals surface area contributed by atoms with Crippen LogP contribution in [-0.2, 0) is 6.18 Å². The number of halogens is 3. The molecule has 0 saturated heterocycles. The molecule has 3 heterocycles. The maximum absolute atomic E-state index is 13.7. The van der Waals surface area contributed by atoms with Crippen molar-refractivity contribution in [2.75, 3.05) is 0 Å². The summed E-state index contributed by atoms with van der Waals surface area (Å²) in [6, 6.07) is 55.1. The molecular weight excluding hydrogens is 842 g/mol. The van der Waals surface area contributed by atoms with Crippen LogP contribution in [0.3, 0.4) is 0 Å². The lowest BCUT2D eigenvalue weighted by molar-refractivity contribution is -0.137. The molecule has 0 N–H and O–H groups in total. The molecule has 0 amide bonds. The summed E-state index contributed by atoms with van der Waals surface area (Å²) in [5.74, 6) is 0.383. The molecule has 4 nitrogen and oxygen atoms in total. The smallest absolute Gasteiger partial charge is 0.309 e. The summed E-state index contributed by atoms with van der Waals surface area (Å²) < 4.78 is 88.4. The van der Waals surface area contributed by atoms with Gasteiger partial charge >= 0.3 is 6.18 Å². The molecule has 8 heteroatoms. The van der Waals surface area contributed by atoms with Crippen LogP contribution < -0.4 is 0 Å². The first-order chi connectivity index (χ1) is 34.4. The van der Waals surface area contributed by atoms with E-state index in [4.69, 9.17) is 21.8 Å². The number of para-hydroxylation sites is 1. The Labute approximate surface area is 388 Å². The Balaban J connectivity index is 1.16. The summed E-state index contributed by atoms with van der Waals surface area (Å²) in [6.07, 6.45) is -4.47. The number of fused-ring (bicyclic) bond motifs is 6. The standard InChI is InChI=1S/C58H35F3N4S/c59-58(60,61)43-29-26-37(27-30-43)41-28-31-47-46-22-10-11-25-51(46)65(52(47)33-41)44-34-49-48-24-13-23-45(42-21-12-20-40(32-42)36-14-4-1-5-15-36)53(48)66-54(49)50(35-44)57-63-55(38-16-6-2-7-17-38)62-56(64-57)39-18-8-3-9-19-39/h1-35H/i2D,6D,7D,16D,17D. The van der Waals surface area contributed by atoms with Crippen molar-refractivity contribution >= 4 is 53.3 Å². The molecule has 0 unspecified atom stereocenters. The molecule has 0 atom stereocenters. The summed E-state index contributed by atoms with van der Waals surface area (Å²) in [6.45, 7) is 0. The van der Waals surface area contributed by atoms with E-state index < -0.39 is 42.0 Å². The third-order valence-corrected chi connectivity index (χ3v) is 13.3. The molecule has 0 saturated carbocycles.